The molecular formula is C14H23Cl. The molecule has 0 fully saturated rings. The van der Waals surface area contributed by atoms with Crippen molar-refractivity contribution in [1.82, 2.24) is 0 Å². The molecule has 0 aromatic carbocycles. The highest BCUT2D eigenvalue weighted by molar-refractivity contribution is 6.32. The Morgan fingerprint density at radius 1 is 1.13 bits per heavy atom. The van der Waals surface area contributed by atoms with Crippen LogP contribution in [0, 0.1) is 11.8 Å². The minimum absolute atomic E-state index is 0.409. The van der Waals surface area contributed by atoms with Gasteiger partial charge in [-0.05, 0) is 29.9 Å². The molecule has 0 rings (SSSR count). The van der Waals surface area contributed by atoms with E-state index < -0.39 is 0 Å². The fourth-order valence-corrected chi connectivity index (χ4v) is 1.56. The van der Waals surface area contributed by atoms with E-state index in [0.29, 0.717) is 11.8 Å². The molecule has 0 unspecified atom stereocenters. The predicted molar refractivity (Wildman–Crippen MR) is 71.1 cm³/mol. The number of hydrogen-bond donors (Lipinski definition) is 0. The lowest BCUT2D eigenvalue weighted by Crippen LogP contribution is -1.93. The van der Waals surface area contributed by atoms with Gasteiger partial charge in [0.15, 0.2) is 0 Å². The number of halogens is 1. The van der Waals surface area contributed by atoms with Gasteiger partial charge in [-0.25, -0.2) is 0 Å². The Hall–Kier alpha value is -0.490. The van der Waals surface area contributed by atoms with Crippen molar-refractivity contribution in [3.8, 4) is 0 Å². The summed E-state index contributed by atoms with van der Waals surface area (Å²) in [5, 5.41) is 0.775. The third-order valence-electron chi connectivity index (χ3n) is 2.60. The molecule has 86 valence electrons. The molecule has 1 heteroatoms. The van der Waals surface area contributed by atoms with Crippen LogP contribution in [0.3, 0.4) is 0 Å². The van der Waals surface area contributed by atoms with Crippen LogP contribution >= 0.6 is 11.6 Å². The molecular weight excluding hydrogens is 204 g/mol. The predicted octanol–water partition coefficient (Wildman–Crippen LogP) is 5.31. The van der Waals surface area contributed by atoms with Crippen LogP contribution in [-0.2, 0) is 0 Å². The first-order chi connectivity index (χ1) is 6.90. The third-order valence-corrected chi connectivity index (χ3v) is 2.97. The first-order valence-electron chi connectivity index (χ1n) is 5.65. The van der Waals surface area contributed by atoms with Crippen LogP contribution in [0.4, 0.5) is 0 Å². The van der Waals surface area contributed by atoms with Crippen LogP contribution in [0.1, 0.15) is 41.0 Å². The van der Waals surface area contributed by atoms with E-state index in [9.17, 15) is 0 Å². The molecule has 0 atom stereocenters. The summed E-state index contributed by atoms with van der Waals surface area (Å²) in [6, 6.07) is 0. The summed E-state index contributed by atoms with van der Waals surface area (Å²) in [7, 11) is 0. The second-order valence-corrected chi connectivity index (χ2v) is 4.85. The van der Waals surface area contributed by atoms with Gasteiger partial charge in [-0.15, -0.1) is 0 Å². The van der Waals surface area contributed by atoms with Crippen molar-refractivity contribution in [3.63, 3.8) is 0 Å². The summed E-state index contributed by atoms with van der Waals surface area (Å²) in [5.41, 5.74) is 2.43. The van der Waals surface area contributed by atoms with E-state index in [-0.39, 0.29) is 0 Å². The van der Waals surface area contributed by atoms with Gasteiger partial charge in [0.1, 0.15) is 0 Å². The molecule has 0 aliphatic heterocycles. The van der Waals surface area contributed by atoms with Crippen molar-refractivity contribution >= 4 is 11.6 Å². The smallest absolute Gasteiger partial charge is 0.0434 e. The van der Waals surface area contributed by atoms with Gasteiger partial charge in [0.05, 0.1) is 0 Å². The minimum Gasteiger partial charge on any atom is -0.0941 e. The second kappa shape index (κ2) is 6.90. The Morgan fingerprint density at radius 2 is 1.67 bits per heavy atom. The summed E-state index contributed by atoms with van der Waals surface area (Å²) in [6.07, 6.45) is 5.18. The van der Waals surface area contributed by atoms with E-state index >= 15 is 0 Å². The highest BCUT2D eigenvalue weighted by Gasteiger charge is 2.04. The fraction of sp³-hybridized carbons (Fsp3) is 0.571. The van der Waals surface area contributed by atoms with Gasteiger partial charge in [-0.2, -0.15) is 0 Å². The largest absolute Gasteiger partial charge is 0.0941 e. The van der Waals surface area contributed by atoms with Crippen LogP contribution in [0.15, 0.2) is 34.9 Å². The lowest BCUT2D eigenvalue weighted by Gasteiger charge is -2.09. The zero-order valence-corrected chi connectivity index (χ0v) is 11.4. The summed E-state index contributed by atoms with van der Waals surface area (Å²) < 4.78 is 0. The molecule has 0 spiro atoms. The molecule has 0 N–H and O–H groups in total. The highest BCUT2D eigenvalue weighted by Crippen LogP contribution is 2.22. The molecule has 0 aliphatic carbocycles. The molecule has 0 saturated carbocycles. The van der Waals surface area contributed by atoms with Gasteiger partial charge in [0.25, 0.3) is 0 Å². The molecule has 0 aliphatic rings. The molecule has 15 heavy (non-hydrogen) atoms. The van der Waals surface area contributed by atoms with Gasteiger partial charge < -0.3 is 0 Å². The van der Waals surface area contributed by atoms with E-state index in [1.54, 1.807) is 0 Å². The lowest BCUT2D eigenvalue weighted by atomic mass is 9.99. The average molecular weight is 227 g/mol. The van der Waals surface area contributed by atoms with Crippen molar-refractivity contribution in [2.75, 3.05) is 0 Å². The average Bonchev–Trinajstić information content (AvgIpc) is 2.16. The molecule has 0 saturated heterocycles. The zero-order chi connectivity index (χ0) is 12.0. The molecule has 0 aromatic rings. The maximum Gasteiger partial charge on any atom is 0.0434 e. The third kappa shape index (κ3) is 5.22. The maximum absolute atomic E-state index is 6.15. The molecule has 0 amide bonds. The highest BCUT2D eigenvalue weighted by atomic mass is 35.5. The Morgan fingerprint density at radius 3 is 2.00 bits per heavy atom. The number of allylic oxidation sites excluding steroid dienone is 5. The van der Waals surface area contributed by atoms with Crippen LogP contribution in [0.25, 0.3) is 0 Å². The van der Waals surface area contributed by atoms with Crippen LogP contribution in [0.2, 0.25) is 0 Å². The first-order valence-corrected chi connectivity index (χ1v) is 6.03. The summed E-state index contributed by atoms with van der Waals surface area (Å²) in [4.78, 5) is 0. The maximum atomic E-state index is 6.15. The van der Waals surface area contributed by atoms with Crippen molar-refractivity contribution in [3.05, 3.63) is 34.9 Å². The first kappa shape index (κ1) is 14.5. The van der Waals surface area contributed by atoms with Gasteiger partial charge in [0, 0.05) is 5.03 Å². The zero-order valence-electron chi connectivity index (χ0n) is 10.6. The standard InChI is InChI=1S/C14H23Cl/c1-7-13(11(4)5)8-9-14(15)12(6)10(2)3/h8-11H,6-7H2,1-5H3/b13-8+,14-9+. The SMILES string of the molecule is C=C(/C(Cl)=C\C=C(/CC)C(C)C)C(C)C. The fourth-order valence-electron chi connectivity index (χ4n) is 1.28. The van der Waals surface area contributed by atoms with E-state index in [1.165, 1.54) is 5.57 Å². The molecule has 0 nitrogen and oxygen atoms in total. The number of rotatable bonds is 5. The molecule has 0 aromatic heterocycles. The lowest BCUT2D eigenvalue weighted by molar-refractivity contribution is 0.732. The summed E-state index contributed by atoms with van der Waals surface area (Å²) >= 11 is 6.15. The normalized spacial score (nSPS) is 13.9. The van der Waals surface area contributed by atoms with Crippen molar-refractivity contribution in [1.29, 1.82) is 0 Å². The molecule has 0 bridgehead atoms. The summed E-state index contributed by atoms with van der Waals surface area (Å²) in [5.74, 6) is 0.995. The van der Waals surface area contributed by atoms with Gasteiger partial charge >= 0.3 is 0 Å². The summed E-state index contributed by atoms with van der Waals surface area (Å²) in [6.45, 7) is 14.8. The van der Waals surface area contributed by atoms with Crippen molar-refractivity contribution in [2.45, 2.75) is 41.0 Å². The van der Waals surface area contributed by atoms with E-state index in [4.69, 9.17) is 11.6 Å². The van der Waals surface area contributed by atoms with Crippen molar-refractivity contribution in [2.24, 2.45) is 11.8 Å². The second-order valence-electron chi connectivity index (χ2n) is 4.44. The van der Waals surface area contributed by atoms with E-state index in [2.05, 4.69) is 47.3 Å². The van der Waals surface area contributed by atoms with Crippen LogP contribution in [-0.4, -0.2) is 0 Å². The van der Waals surface area contributed by atoms with Crippen LogP contribution in [0.5, 0.6) is 0 Å². The topological polar surface area (TPSA) is 0 Å². The molecule has 0 heterocycles. The Bertz CT molecular complexity index is 267. The van der Waals surface area contributed by atoms with Gasteiger partial charge in [0.2, 0.25) is 0 Å². The van der Waals surface area contributed by atoms with E-state index in [0.717, 1.165) is 17.0 Å². The number of hydrogen-bond acceptors (Lipinski definition) is 0. The van der Waals surface area contributed by atoms with Gasteiger partial charge in [-0.1, -0.05) is 64.4 Å². The Labute approximate surface area is 99.7 Å². The monoisotopic (exact) mass is 226 g/mol. The van der Waals surface area contributed by atoms with Crippen molar-refractivity contribution < 1.29 is 0 Å². The Balaban J connectivity index is 4.69. The van der Waals surface area contributed by atoms with Crippen LogP contribution < -0.4 is 0 Å². The van der Waals surface area contributed by atoms with Gasteiger partial charge in [-0.3, -0.25) is 0 Å². The quantitative estimate of drug-likeness (QED) is 0.557. The molecule has 0 radical (unpaired) electrons. The van der Waals surface area contributed by atoms with E-state index in [1.807, 2.05) is 6.08 Å². The minimum atomic E-state index is 0.409. The Kier molecular flexibility index (Phi) is 6.67.